The predicted octanol–water partition coefficient (Wildman–Crippen LogP) is 2.31. The summed E-state index contributed by atoms with van der Waals surface area (Å²) in [6.07, 6.45) is 2.50. The van der Waals surface area contributed by atoms with E-state index in [-0.39, 0.29) is 6.09 Å². The quantitative estimate of drug-likeness (QED) is 0.532. The van der Waals surface area contributed by atoms with E-state index in [1.807, 2.05) is 26.8 Å². The molecule has 0 aromatic carbocycles. The van der Waals surface area contributed by atoms with Crippen LogP contribution >= 0.6 is 0 Å². The maximum absolute atomic E-state index is 11.4. The SMILES string of the molecule is C=CCCNCC(C)CNC(=O)OC(C)(C)C. The second-order valence-electron chi connectivity index (χ2n) is 5.27. The van der Waals surface area contributed by atoms with Gasteiger partial charge in [-0.3, -0.25) is 0 Å². The standard InChI is InChI=1S/C13H26N2O2/c1-6-7-8-14-9-11(2)10-15-12(16)17-13(3,4)5/h6,11,14H,1,7-10H2,2-5H3,(H,15,16). The van der Waals surface area contributed by atoms with Crippen LogP contribution in [0.1, 0.15) is 34.1 Å². The highest BCUT2D eigenvalue weighted by atomic mass is 16.6. The van der Waals surface area contributed by atoms with Crippen LogP contribution in [0.2, 0.25) is 0 Å². The average Bonchev–Trinajstić information content (AvgIpc) is 2.19. The summed E-state index contributed by atoms with van der Waals surface area (Å²) in [5.41, 5.74) is -0.435. The van der Waals surface area contributed by atoms with Gasteiger partial charge in [-0.2, -0.15) is 0 Å². The second kappa shape index (κ2) is 8.12. The van der Waals surface area contributed by atoms with E-state index in [4.69, 9.17) is 4.74 Å². The molecule has 17 heavy (non-hydrogen) atoms. The topological polar surface area (TPSA) is 50.4 Å². The monoisotopic (exact) mass is 242 g/mol. The van der Waals surface area contributed by atoms with Crippen LogP contribution < -0.4 is 10.6 Å². The smallest absolute Gasteiger partial charge is 0.407 e. The van der Waals surface area contributed by atoms with Crippen molar-refractivity contribution < 1.29 is 9.53 Å². The van der Waals surface area contributed by atoms with Crippen LogP contribution in [0.15, 0.2) is 12.7 Å². The molecule has 0 radical (unpaired) electrons. The molecule has 0 heterocycles. The van der Waals surface area contributed by atoms with Gasteiger partial charge in [0.2, 0.25) is 0 Å². The van der Waals surface area contributed by atoms with Crippen molar-refractivity contribution in [2.45, 2.75) is 39.7 Å². The van der Waals surface area contributed by atoms with Crippen LogP contribution in [0, 0.1) is 5.92 Å². The maximum Gasteiger partial charge on any atom is 0.407 e. The molecular weight excluding hydrogens is 216 g/mol. The lowest BCUT2D eigenvalue weighted by Gasteiger charge is -2.20. The first-order chi connectivity index (χ1) is 7.85. The maximum atomic E-state index is 11.4. The van der Waals surface area contributed by atoms with Crippen molar-refractivity contribution in [3.63, 3.8) is 0 Å². The zero-order valence-corrected chi connectivity index (χ0v) is 11.5. The van der Waals surface area contributed by atoms with Gasteiger partial charge in [-0.15, -0.1) is 6.58 Å². The number of carbonyl (C=O) groups excluding carboxylic acids is 1. The number of hydrogen-bond acceptors (Lipinski definition) is 3. The lowest BCUT2D eigenvalue weighted by Crippen LogP contribution is -2.37. The van der Waals surface area contributed by atoms with E-state index in [9.17, 15) is 4.79 Å². The van der Waals surface area contributed by atoms with Gasteiger partial charge in [0, 0.05) is 6.54 Å². The number of amides is 1. The number of carbonyl (C=O) groups is 1. The molecule has 4 heteroatoms. The summed E-state index contributed by atoms with van der Waals surface area (Å²) in [4.78, 5) is 11.4. The lowest BCUT2D eigenvalue weighted by atomic mass is 10.2. The first-order valence-electron chi connectivity index (χ1n) is 6.13. The lowest BCUT2D eigenvalue weighted by molar-refractivity contribution is 0.0520. The van der Waals surface area contributed by atoms with Crippen molar-refractivity contribution in [1.82, 2.24) is 10.6 Å². The summed E-state index contributed by atoms with van der Waals surface area (Å²) in [6.45, 7) is 13.7. The Balaban J connectivity index is 3.59. The summed E-state index contributed by atoms with van der Waals surface area (Å²) in [7, 11) is 0. The largest absolute Gasteiger partial charge is 0.444 e. The molecule has 0 spiro atoms. The number of rotatable bonds is 7. The number of hydrogen-bond donors (Lipinski definition) is 2. The van der Waals surface area contributed by atoms with Crippen LogP contribution in [0.25, 0.3) is 0 Å². The van der Waals surface area contributed by atoms with Gasteiger partial charge in [0.05, 0.1) is 0 Å². The highest BCUT2D eigenvalue weighted by molar-refractivity contribution is 5.67. The Kier molecular flexibility index (Phi) is 7.63. The van der Waals surface area contributed by atoms with Crippen LogP contribution in [0.5, 0.6) is 0 Å². The molecule has 0 aliphatic carbocycles. The van der Waals surface area contributed by atoms with Gasteiger partial charge in [-0.1, -0.05) is 13.0 Å². The van der Waals surface area contributed by atoms with Gasteiger partial charge in [-0.05, 0) is 46.2 Å². The first-order valence-corrected chi connectivity index (χ1v) is 6.13. The Labute approximate surface area is 105 Å². The van der Waals surface area contributed by atoms with Crippen molar-refractivity contribution in [2.24, 2.45) is 5.92 Å². The molecule has 0 bridgehead atoms. The molecule has 0 saturated carbocycles. The van der Waals surface area contributed by atoms with Gasteiger partial charge < -0.3 is 15.4 Å². The fourth-order valence-corrected chi connectivity index (χ4v) is 1.20. The van der Waals surface area contributed by atoms with Gasteiger partial charge in [-0.25, -0.2) is 4.79 Å². The second-order valence-corrected chi connectivity index (χ2v) is 5.27. The molecule has 0 fully saturated rings. The molecule has 0 aliphatic rings. The zero-order chi connectivity index (χ0) is 13.3. The molecule has 100 valence electrons. The van der Waals surface area contributed by atoms with Crippen LogP contribution in [-0.2, 0) is 4.74 Å². The van der Waals surface area contributed by atoms with Crippen molar-refractivity contribution in [1.29, 1.82) is 0 Å². The molecule has 2 N–H and O–H groups in total. The van der Waals surface area contributed by atoms with Gasteiger partial charge >= 0.3 is 6.09 Å². The van der Waals surface area contributed by atoms with Crippen molar-refractivity contribution >= 4 is 6.09 Å². The molecule has 0 saturated heterocycles. The predicted molar refractivity (Wildman–Crippen MR) is 71.1 cm³/mol. The fourth-order valence-electron chi connectivity index (χ4n) is 1.20. The minimum absolute atomic E-state index is 0.351. The van der Waals surface area contributed by atoms with E-state index < -0.39 is 5.60 Å². The molecule has 0 aromatic heterocycles. The van der Waals surface area contributed by atoms with E-state index >= 15 is 0 Å². The van der Waals surface area contributed by atoms with E-state index in [0.717, 1.165) is 19.5 Å². The zero-order valence-electron chi connectivity index (χ0n) is 11.5. The molecular formula is C13H26N2O2. The van der Waals surface area contributed by atoms with Gasteiger partial charge in [0.15, 0.2) is 0 Å². The van der Waals surface area contributed by atoms with E-state index in [0.29, 0.717) is 12.5 Å². The van der Waals surface area contributed by atoms with Gasteiger partial charge in [0.25, 0.3) is 0 Å². The first kappa shape index (κ1) is 16.0. The molecule has 4 nitrogen and oxygen atoms in total. The van der Waals surface area contributed by atoms with Crippen molar-refractivity contribution in [2.75, 3.05) is 19.6 Å². The Bertz CT molecular complexity index is 234. The average molecular weight is 242 g/mol. The Morgan fingerprint density at radius 2 is 2.06 bits per heavy atom. The molecule has 1 atom stereocenters. The summed E-state index contributed by atoms with van der Waals surface area (Å²) >= 11 is 0. The van der Waals surface area contributed by atoms with E-state index in [1.54, 1.807) is 0 Å². The van der Waals surface area contributed by atoms with Crippen LogP contribution in [0.4, 0.5) is 4.79 Å². The Hall–Kier alpha value is -1.03. The fraction of sp³-hybridized carbons (Fsp3) is 0.769. The highest BCUT2D eigenvalue weighted by Gasteiger charge is 2.16. The molecule has 0 aromatic rings. The van der Waals surface area contributed by atoms with Gasteiger partial charge in [0.1, 0.15) is 5.60 Å². The normalized spacial score (nSPS) is 12.9. The summed E-state index contributed by atoms with van der Waals surface area (Å²) in [5, 5.41) is 6.05. The Morgan fingerprint density at radius 3 is 2.59 bits per heavy atom. The van der Waals surface area contributed by atoms with Crippen LogP contribution in [0.3, 0.4) is 0 Å². The molecule has 1 amide bonds. The molecule has 0 rings (SSSR count). The molecule has 0 aliphatic heterocycles. The van der Waals surface area contributed by atoms with E-state index in [1.165, 1.54) is 0 Å². The third-order valence-corrected chi connectivity index (χ3v) is 2.01. The number of alkyl carbamates (subject to hydrolysis) is 1. The number of ether oxygens (including phenoxy) is 1. The summed E-state index contributed by atoms with van der Waals surface area (Å²) < 4.78 is 5.15. The van der Waals surface area contributed by atoms with Crippen LogP contribution in [-0.4, -0.2) is 31.3 Å². The highest BCUT2D eigenvalue weighted by Crippen LogP contribution is 2.06. The summed E-state index contributed by atoms with van der Waals surface area (Å²) in [6, 6.07) is 0. The third kappa shape index (κ3) is 11.2. The minimum atomic E-state index is -0.435. The number of nitrogens with one attached hydrogen (secondary N) is 2. The summed E-state index contributed by atoms with van der Waals surface area (Å²) in [5.74, 6) is 0.382. The minimum Gasteiger partial charge on any atom is -0.444 e. The van der Waals surface area contributed by atoms with Crippen molar-refractivity contribution in [3.05, 3.63) is 12.7 Å². The Morgan fingerprint density at radius 1 is 1.41 bits per heavy atom. The molecule has 1 unspecified atom stereocenters. The third-order valence-electron chi connectivity index (χ3n) is 2.01. The van der Waals surface area contributed by atoms with E-state index in [2.05, 4.69) is 24.1 Å². The van der Waals surface area contributed by atoms with Crippen molar-refractivity contribution in [3.8, 4) is 0 Å².